The van der Waals surface area contributed by atoms with Gasteiger partial charge in [-0.3, -0.25) is 4.79 Å². The highest BCUT2D eigenvalue weighted by molar-refractivity contribution is 5.83. The molecule has 0 aromatic carbocycles. The van der Waals surface area contributed by atoms with Crippen molar-refractivity contribution in [3.05, 3.63) is 0 Å². The van der Waals surface area contributed by atoms with E-state index in [1.54, 1.807) is 7.11 Å². The predicted octanol–water partition coefficient (Wildman–Crippen LogP) is 1.26. The van der Waals surface area contributed by atoms with Crippen molar-refractivity contribution in [3.63, 3.8) is 0 Å². The van der Waals surface area contributed by atoms with Crippen LogP contribution in [0.25, 0.3) is 0 Å². The lowest BCUT2D eigenvalue weighted by Gasteiger charge is -2.38. The maximum absolute atomic E-state index is 13.0. The van der Waals surface area contributed by atoms with Crippen LogP contribution in [0.15, 0.2) is 0 Å². The van der Waals surface area contributed by atoms with Crippen molar-refractivity contribution in [2.75, 3.05) is 39.9 Å². The van der Waals surface area contributed by atoms with Crippen molar-refractivity contribution in [2.24, 2.45) is 17.3 Å². The summed E-state index contributed by atoms with van der Waals surface area (Å²) < 4.78 is 5.38. The summed E-state index contributed by atoms with van der Waals surface area (Å²) >= 11 is 0. The zero-order chi connectivity index (χ0) is 13.3. The minimum Gasteiger partial charge on any atom is -0.384 e. The molecule has 2 atom stereocenters. The molecule has 2 aliphatic heterocycles. The Morgan fingerprint density at radius 3 is 2.47 bits per heavy atom. The van der Waals surface area contributed by atoms with Crippen LogP contribution >= 0.6 is 0 Å². The number of nitrogens with one attached hydrogen (secondary N) is 1. The van der Waals surface area contributed by atoms with E-state index in [9.17, 15) is 4.79 Å². The zero-order valence-electron chi connectivity index (χ0n) is 12.0. The first-order chi connectivity index (χ1) is 9.25. The lowest BCUT2D eigenvalue weighted by Crippen LogP contribution is -2.51. The fraction of sp³-hybridized carbons (Fsp3) is 0.933. The Labute approximate surface area is 115 Å². The van der Waals surface area contributed by atoms with E-state index in [1.807, 2.05) is 0 Å². The molecular weight excluding hydrogens is 240 g/mol. The fourth-order valence-electron chi connectivity index (χ4n) is 4.34. The molecule has 3 aliphatic rings. The Balaban J connectivity index is 1.70. The average molecular weight is 266 g/mol. The van der Waals surface area contributed by atoms with Gasteiger partial charge in [-0.1, -0.05) is 6.42 Å². The van der Waals surface area contributed by atoms with Gasteiger partial charge in [0.1, 0.15) is 0 Å². The number of nitrogens with zero attached hydrogens (tertiary/aromatic N) is 1. The lowest BCUT2D eigenvalue weighted by molar-refractivity contribution is -0.146. The SMILES string of the molecule is COCC1(C(=O)N2CC3CCCC3C2)CCNCC1. The van der Waals surface area contributed by atoms with Crippen LogP contribution in [0.2, 0.25) is 0 Å². The molecule has 108 valence electrons. The van der Waals surface area contributed by atoms with Crippen LogP contribution in [-0.2, 0) is 9.53 Å². The number of fused-ring (bicyclic) bond motifs is 1. The summed E-state index contributed by atoms with van der Waals surface area (Å²) in [5.41, 5.74) is -0.251. The summed E-state index contributed by atoms with van der Waals surface area (Å²) in [6.07, 6.45) is 5.86. The lowest BCUT2D eigenvalue weighted by atomic mass is 9.78. The fourth-order valence-corrected chi connectivity index (χ4v) is 4.34. The first-order valence-corrected chi connectivity index (χ1v) is 7.74. The van der Waals surface area contributed by atoms with Crippen LogP contribution in [0.5, 0.6) is 0 Å². The van der Waals surface area contributed by atoms with Crippen molar-refractivity contribution in [1.82, 2.24) is 10.2 Å². The third kappa shape index (κ3) is 2.40. The normalized spacial score (nSPS) is 33.4. The van der Waals surface area contributed by atoms with Gasteiger partial charge in [-0.15, -0.1) is 0 Å². The topological polar surface area (TPSA) is 41.6 Å². The van der Waals surface area contributed by atoms with Gasteiger partial charge in [-0.05, 0) is 50.6 Å². The molecule has 1 aliphatic carbocycles. The van der Waals surface area contributed by atoms with Crippen LogP contribution in [0, 0.1) is 17.3 Å². The van der Waals surface area contributed by atoms with E-state index < -0.39 is 0 Å². The molecule has 19 heavy (non-hydrogen) atoms. The number of carbonyl (C=O) groups excluding carboxylic acids is 1. The largest absolute Gasteiger partial charge is 0.384 e. The van der Waals surface area contributed by atoms with Crippen molar-refractivity contribution in [2.45, 2.75) is 32.1 Å². The summed E-state index contributed by atoms with van der Waals surface area (Å²) in [6, 6.07) is 0. The zero-order valence-corrected chi connectivity index (χ0v) is 12.0. The first kappa shape index (κ1) is 13.4. The Morgan fingerprint density at radius 1 is 1.26 bits per heavy atom. The van der Waals surface area contributed by atoms with Crippen LogP contribution in [0.4, 0.5) is 0 Å². The number of likely N-dealkylation sites (tertiary alicyclic amines) is 1. The van der Waals surface area contributed by atoms with Crippen LogP contribution in [-0.4, -0.2) is 50.7 Å². The molecule has 2 saturated heterocycles. The minimum absolute atomic E-state index is 0.251. The smallest absolute Gasteiger partial charge is 0.231 e. The maximum Gasteiger partial charge on any atom is 0.231 e. The number of hydrogen-bond acceptors (Lipinski definition) is 3. The average Bonchev–Trinajstić information content (AvgIpc) is 3.00. The first-order valence-electron chi connectivity index (χ1n) is 7.74. The van der Waals surface area contributed by atoms with Crippen molar-refractivity contribution in [1.29, 1.82) is 0 Å². The number of piperidine rings is 1. The summed E-state index contributed by atoms with van der Waals surface area (Å²) in [5, 5.41) is 3.36. The second-order valence-electron chi connectivity index (χ2n) is 6.62. The standard InChI is InChI=1S/C15H26N2O2/c1-19-11-15(5-7-16-8-6-15)14(18)17-9-12-3-2-4-13(12)10-17/h12-13,16H,2-11H2,1H3. The van der Waals surface area contributed by atoms with Gasteiger partial charge in [0, 0.05) is 20.2 Å². The van der Waals surface area contributed by atoms with Gasteiger partial charge in [0.25, 0.3) is 0 Å². The van der Waals surface area contributed by atoms with Crippen LogP contribution in [0.1, 0.15) is 32.1 Å². The molecule has 1 N–H and O–H groups in total. The van der Waals surface area contributed by atoms with Gasteiger partial charge in [0.05, 0.1) is 12.0 Å². The number of hydrogen-bond donors (Lipinski definition) is 1. The summed E-state index contributed by atoms with van der Waals surface area (Å²) in [6.45, 7) is 4.47. The van der Waals surface area contributed by atoms with Crippen molar-refractivity contribution >= 4 is 5.91 Å². The molecule has 0 aromatic rings. The minimum atomic E-state index is -0.251. The predicted molar refractivity (Wildman–Crippen MR) is 73.8 cm³/mol. The van der Waals surface area contributed by atoms with Gasteiger partial charge in [0.2, 0.25) is 5.91 Å². The molecule has 2 heterocycles. The molecule has 4 heteroatoms. The summed E-state index contributed by atoms with van der Waals surface area (Å²) in [7, 11) is 1.72. The Kier molecular flexibility index (Phi) is 3.81. The Hall–Kier alpha value is -0.610. The second kappa shape index (κ2) is 5.41. The summed E-state index contributed by atoms with van der Waals surface area (Å²) in [5.74, 6) is 1.93. The van der Waals surface area contributed by atoms with E-state index in [-0.39, 0.29) is 5.41 Å². The van der Waals surface area contributed by atoms with Gasteiger partial charge >= 0.3 is 0 Å². The number of methoxy groups -OCH3 is 1. The quantitative estimate of drug-likeness (QED) is 0.836. The third-order valence-electron chi connectivity index (χ3n) is 5.45. The van der Waals surface area contributed by atoms with E-state index in [2.05, 4.69) is 10.2 Å². The van der Waals surface area contributed by atoms with E-state index >= 15 is 0 Å². The highest BCUT2D eigenvalue weighted by Gasteiger charge is 2.46. The Morgan fingerprint density at radius 2 is 1.89 bits per heavy atom. The van der Waals surface area contributed by atoms with Gasteiger partial charge < -0.3 is 15.0 Å². The Bertz CT molecular complexity index is 322. The monoisotopic (exact) mass is 266 g/mol. The van der Waals surface area contributed by atoms with E-state index in [0.717, 1.165) is 50.9 Å². The molecular formula is C15H26N2O2. The highest BCUT2D eigenvalue weighted by atomic mass is 16.5. The van der Waals surface area contributed by atoms with Gasteiger partial charge in [0.15, 0.2) is 0 Å². The highest BCUT2D eigenvalue weighted by Crippen LogP contribution is 2.40. The number of rotatable bonds is 3. The molecule has 3 rings (SSSR count). The molecule has 0 radical (unpaired) electrons. The molecule has 1 saturated carbocycles. The van der Waals surface area contributed by atoms with Gasteiger partial charge in [-0.2, -0.15) is 0 Å². The van der Waals surface area contributed by atoms with Gasteiger partial charge in [-0.25, -0.2) is 0 Å². The maximum atomic E-state index is 13.0. The van der Waals surface area contributed by atoms with E-state index in [1.165, 1.54) is 19.3 Å². The molecule has 0 bridgehead atoms. The molecule has 2 unspecified atom stereocenters. The van der Waals surface area contributed by atoms with Crippen molar-refractivity contribution in [3.8, 4) is 0 Å². The van der Waals surface area contributed by atoms with Crippen LogP contribution < -0.4 is 5.32 Å². The number of ether oxygens (including phenoxy) is 1. The molecule has 3 fully saturated rings. The van der Waals surface area contributed by atoms with E-state index in [0.29, 0.717) is 12.5 Å². The third-order valence-corrected chi connectivity index (χ3v) is 5.45. The molecule has 0 spiro atoms. The number of amides is 1. The van der Waals surface area contributed by atoms with Crippen LogP contribution in [0.3, 0.4) is 0 Å². The summed E-state index contributed by atoms with van der Waals surface area (Å²) in [4.78, 5) is 15.1. The molecule has 1 amide bonds. The number of carbonyl (C=O) groups is 1. The van der Waals surface area contributed by atoms with E-state index in [4.69, 9.17) is 4.74 Å². The van der Waals surface area contributed by atoms with Crippen molar-refractivity contribution < 1.29 is 9.53 Å². The second-order valence-corrected chi connectivity index (χ2v) is 6.62. The molecule has 0 aromatic heterocycles. The molecule has 4 nitrogen and oxygen atoms in total.